The van der Waals surface area contributed by atoms with E-state index in [2.05, 4.69) is 23.7 Å². The number of methoxy groups -OCH3 is 1. The van der Waals surface area contributed by atoms with Crippen molar-refractivity contribution in [2.75, 3.05) is 7.11 Å². The molecule has 1 heterocycles. The SMILES string of the molecule is C=CCn1c(SC(C)c2ccc(F)cc2)nnc1-c1ccc(OC)cc1. The number of thioether (sulfide) groups is 1. The van der Waals surface area contributed by atoms with E-state index in [0.29, 0.717) is 6.54 Å². The van der Waals surface area contributed by atoms with Crippen LogP contribution in [0.25, 0.3) is 11.4 Å². The van der Waals surface area contributed by atoms with Crippen LogP contribution in [0.15, 0.2) is 66.3 Å². The molecule has 0 aliphatic heterocycles. The van der Waals surface area contributed by atoms with Crippen molar-refractivity contribution in [3.63, 3.8) is 0 Å². The lowest BCUT2D eigenvalue weighted by atomic mass is 10.2. The molecule has 1 aromatic heterocycles. The number of benzene rings is 2. The minimum atomic E-state index is -0.234. The second kappa shape index (κ2) is 8.19. The van der Waals surface area contributed by atoms with Crippen LogP contribution in [0.1, 0.15) is 17.7 Å². The maximum atomic E-state index is 13.1. The molecular weight excluding hydrogens is 349 g/mol. The number of nitrogens with zero attached hydrogens (tertiary/aromatic N) is 3. The number of hydrogen-bond donors (Lipinski definition) is 0. The Morgan fingerprint density at radius 1 is 1.15 bits per heavy atom. The van der Waals surface area contributed by atoms with E-state index >= 15 is 0 Å². The number of halogens is 1. The van der Waals surface area contributed by atoms with Gasteiger partial charge in [0, 0.05) is 17.4 Å². The summed E-state index contributed by atoms with van der Waals surface area (Å²) in [6.07, 6.45) is 1.82. The van der Waals surface area contributed by atoms with Crippen molar-refractivity contribution in [1.29, 1.82) is 0 Å². The van der Waals surface area contributed by atoms with E-state index in [0.717, 1.165) is 27.9 Å². The fourth-order valence-corrected chi connectivity index (χ4v) is 3.57. The third-order valence-corrected chi connectivity index (χ3v) is 5.14. The summed E-state index contributed by atoms with van der Waals surface area (Å²) in [4.78, 5) is 0. The number of ether oxygens (including phenoxy) is 1. The molecule has 0 N–H and O–H groups in total. The summed E-state index contributed by atoms with van der Waals surface area (Å²) in [5.74, 6) is 1.34. The van der Waals surface area contributed by atoms with Gasteiger partial charge in [0.2, 0.25) is 0 Å². The van der Waals surface area contributed by atoms with Crippen LogP contribution < -0.4 is 4.74 Å². The smallest absolute Gasteiger partial charge is 0.192 e. The average Bonchev–Trinajstić information content (AvgIpc) is 3.05. The summed E-state index contributed by atoms with van der Waals surface area (Å²) in [6.45, 7) is 6.51. The van der Waals surface area contributed by atoms with Gasteiger partial charge in [0.05, 0.1) is 7.11 Å². The molecule has 0 saturated heterocycles. The quantitative estimate of drug-likeness (QED) is 0.427. The Bertz CT molecular complexity index is 875. The minimum Gasteiger partial charge on any atom is -0.497 e. The summed E-state index contributed by atoms with van der Waals surface area (Å²) in [5, 5.41) is 9.64. The first-order valence-corrected chi connectivity index (χ1v) is 9.11. The summed E-state index contributed by atoms with van der Waals surface area (Å²) in [7, 11) is 1.64. The third kappa shape index (κ3) is 3.96. The van der Waals surface area contributed by atoms with Gasteiger partial charge in [-0.15, -0.1) is 16.8 Å². The fraction of sp³-hybridized carbons (Fsp3) is 0.200. The van der Waals surface area contributed by atoms with Crippen LogP contribution in [-0.2, 0) is 6.54 Å². The van der Waals surface area contributed by atoms with Crippen molar-refractivity contribution in [1.82, 2.24) is 14.8 Å². The molecule has 2 aromatic carbocycles. The van der Waals surface area contributed by atoms with Gasteiger partial charge in [0.1, 0.15) is 11.6 Å². The summed E-state index contributed by atoms with van der Waals surface area (Å²) < 4.78 is 20.4. The van der Waals surface area contributed by atoms with Crippen LogP contribution in [-0.4, -0.2) is 21.9 Å². The predicted octanol–water partition coefficient (Wildman–Crippen LogP) is 5.13. The largest absolute Gasteiger partial charge is 0.497 e. The second-order valence-electron chi connectivity index (χ2n) is 5.75. The molecule has 26 heavy (non-hydrogen) atoms. The zero-order chi connectivity index (χ0) is 18.5. The lowest BCUT2D eigenvalue weighted by molar-refractivity contribution is 0.415. The number of hydrogen-bond acceptors (Lipinski definition) is 4. The zero-order valence-corrected chi connectivity index (χ0v) is 15.5. The van der Waals surface area contributed by atoms with Crippen molar-refractivity contribution in [2.45, 2.75) is 23.9 Å². The van der Waals surface area contributed by atoms with Gasteiger partial charge in [-0.25, -0.2) is 4.39 Å². The molecule has 1 atom stereocenters. The molecule has 0 spiro atoms. The first-order valence-electron chi connectivity index (χ1n) is 8.23. The molecule has 0 radical (unpaired) electrons. The highest BCUT2D eigenvalue weighted by Crippen LogP contribution is 2.35. The van der Waals surface area contributed by atoms with Crippen LogP contribution in [0, 0.1) is 5.82 Å². The van der Waals surface area contributed by atoms with E-state index in [1.54, 1.807) is 31.0 Å². The summed E-state index contributed by atoms with van der Waals surface area (Å²) in [6, 6.07) is 14.3. The van der Waals surface area contributed by atoms with E-state index in [9.17, 15) is 4.39 Å². The van der Waals surface area contributed by atoms with Gasteiger partial charge in [-0.05, 0) is 48.9 Å². The molecule has 134 valence electrons. The van der Waals surface area contributed by atoms with Crippen LogP contribution in [0.5, 0.6) is 5.75 Å². The maximum Gasteiger partial charge on any atom is 0.192 e. The van der Waals surface area contributed by atoms with E-state index < -0.39 is 0 Å². The normalized spacial score (nSPS) is 12.0. The molecule has 0 bridgehead atoms. The van der Waals surface area contributed by atoms with E-state index in [1.807, 2.05) is 34.9 Å². The molecule has 0 aliphatic carbocycles. The molecule has 0 aliphatic rings. The lowest BCUT2D eigenvalue weighted by Crippen LogP contribution is -2.01. The molecule has 3 rings (SSSR count). The predicted molar refractivity (Wildman–Crippen MR) is 103 cm³/mol. The van der Waals surface area contributed by atoms with Crippen LogP contribution >= 0.6 is 11.8 Å². The van der Waals surface area contributed by atoms with Gasteiger partial charge in [-0.3, -0.25) is 4.57 Å². The minimum absolute atomic E-state index is 0.118. The fourth-order valence-electron chi connectivity index (χ4n) is 2.58. The van der Waals surface area contributed by atoms with Crippen LogP contribution in [0.4, 0.5) is 4.39 Å². The molecule has 0 fully saturated rings. The molecule has 6 heteroatoms. The van der Waals surface area contributed by atoms with Gasteiger partial charge in [0.25, 0.3) is 0 Å². The Labute approximate surface area is 156 Å². The Hall–Kier alpha value is -2.60. The van der Waals surface area contributed by atoms with Gasteiger partial charge < -0.3 is 4.74 Å². The molecule has 3 aromatic rings. The summed E-state index contributed by atoms with van der Waals surface area (Å²) >= 11 is 1.59. The van der Waals surface area contributed by atoms with Crippen molar-refractivity contribution in [3.05, 3.63) is 72.6 Å². The van der Waals surface area contributed by atoms with Crippen molar-refractivity contribution >= 4 is 11.8 Å². The second-order valence-corrected chi connectivity index (χ2v) is 7.05. The van der Waals surface area contributed by atoms with Crippen LogP contribution in [0.3, 0.4) is 0 Å². The first kappa shape index (κ1) is 18.2. The highest BCUT2D eigenvalue weighted by molar-refractivity contribution is 7.99. The molecule has 1 unspecified atom stereocenters. The first-order chi connectivity index (χ1) is 12.6. The molecular formula is C20H20FN3OS. The Kier molecular flexibility index (Phi) is 5.73. The van der Waals surface area contributed by atoms with Crippen molar-refractivity contribution in [2.24, 2.45) is 0 Å². The number of aromatic nitrogens is 3. The van der Waals surface area contributed by atoms with Gasteiger partial charge in [-0.1, -0.05) is 30.0 Å². The van der Waals surface area contributed by atoms with Crippen molar-refractivity contribution in [3.8, 4) is 17.1 Å². The van der Waals surface area contributed by atoms with E-state index in [-0.39, 0.29) is 11.1 Å². The molecule has 0 amide bonds. The molecule has 4 nitrogen and oxygen atoms in total. The highest BCUT2D eigenvalue weighted by atomic mass is 32.2. The van der Waals surface area contributed by atoms with Gasteiger partial charge in [-0.2, -0.15) is 0 Å². The third-order valence-electron chi connectivity index (χ3n) is 4.00. The van der Waals surface area contributed by atoms with Gasteiger partial charge in [0.15, 0.2) is 11.0 Å². The average molecular weight is 369 g/mol. The maximum absolute atomic E-state index is 13.1. The standard InChI is InChI=1S/C20H20FN3OS/c1-4-13-24-19(16-7-11-18(25-3)12-8-16)22-23-20(24)26-14(2)15-5-9-17(21)10-6-15/h4-12,14H,1,13H2,2-3H3. The van der Waals surface area contributed by atoms with Gasteiger partial charge >= 0.3 is 0 Å². The Morgan fingerprint density at radius 2 is 1.85 bits per heavy atom. The zero-order valence-electron chi connectivity index (χ0n) is 14.7. The highest BCUT2D eigenvalue weighted by Gasteiger charge is 2.17. The Morgan fingerprint density at radius 3 is 2.46 bits per heavy atom. The lowest BCUT2D eigenvalue weighted by Gasteiger charge is -2.13. The van der Waals surface area contributed by atoms with E-state index in [4.69, 9.17) is 4.74 Å². The summed E-state index contributed by atoms with van der Waals surface area (Å²) in [5.41, 5.74) is 2.00. The van der Waals surface area contributed by atoms with Crippen LogP contribution in [0.2, 0.25) is 0 Å². The van der Waals surface area contributed by atoms with E-state index in [1.165, 1.54) is 12.1 Å². The van der Waals surface area contributed by atoms with Crippen molar-refractivity contribution < 1.29 is 9.13 Å². The number of rotatable bonds is 7. The molecule has 0 saturated carbocycles. The Balaban J connectivity index is 1.88. The number of allylic oxidation sites excluding steroid dienone is 1. The topological polar surface area (TPSA) is 39.9 Å². The monoisotopic (exact) mass is 369 g/mol.